The first-order chi connectivity index (χ1) is 9.58. The minimum absolute atomic E-state index is 0.408. The number of hydrogen-bond acceptors (Lipinski definition) is 2. The average Bonchev–Trinajstić information content (AvgIpc) is 2.43. The van der Waals surface area contributed by atoms with Crippen molar-refractivity contribution in [2.45, 2.75) is 0 Å². The molecule has 0 aliphatic rings. The second-order valence-corrected chi connectivity index (χ2v) is 5.22. The van der Waals surface area contributed by atoms with E-state index < -0.39 is 6.03 Å². The molecule has 0 aliphatic carbocycles. The lowest BCUT2D eigenvalue weighted by atomic mass is 10.2. The largest absolute Gasteiger partial charge is 0.323 e. The third kappa shape index (κ3) is 3.73. The third-order valence-corrected chi connectivity index (χ3v) is 3.27. The van der Waals surface area contributed by atoms with Crippen LogP contribution in [0, 0.1) is 11.3 Å². The van der Waals surface area contributed by atoms with Gasteiger partial charge in [-0.2, -0.15) is 5.26 Å². The van der Waals surface area contributed by atoms with Gasteiger partial charge in [0.05, 0.1) is 22.3 Å². The van der Waals surface area contributed by atoms with Crippen molar-refractivity contribution in [1.82, 2.24) is 0 Å². The molecule has 0 saturated carbocycles. The van der Waals surface area contributed by atoms with E-state index in [1.54, 1.807) is 42.5 Å². The molecule has 6 heteroatoms. The van der Waals surface area contributed by atoms with E-state index in [9.17, 15) is 4.79 Å². The molecule has 0 radical (unpaired) electrons. The first-order valence-electron chi connectivity index (χ1n) is 5.62. The summed E-state index contributed by atoms with van der Waals surface area (Å²) in [6.45, 7) is 0. The molecule has 2 rings (SSSR count). The highest BCUT2D eigenvalue weighted by Crippen LogP contribution is 2.25. The number of carbonyl (C=O) groups is 1. The Bertz CT molecular complexity index is 680. The minimum atomic E-state index is -0.408. The number of anilines is 2. The second-order valence-electron chi connectivity index (χ2n) is 3.89. The van der Waals surface area contributed by atoms with Crippen molar-refractivity contribution in [3.63, 3.8) is 0 Å². The zero-order valence-corrected chi connectivity index (χ0v) is 12.5. The molecule has 0 fully saturated rings. The van der Waals surface area contributed by atoms with E-state index >= 15 is 0 Å². The number of nitriles is 1. The first-order valence-corrected chi connectivity index (χ1v) is 6.79. The fraction of sp³-hybridized carbons (Fsp3) is 0. The van der Waals surface area contributed by atoms with E-state index in [4.69, 9.17) is 16.9 Å². The van der Waals surface area contributed by atoms with Gasteiger partial charge in [0, 0.05) is 10.2 Å². The van der Waals surface area contributed by atoms with E-state index in [1.807, 2.05) is 6.07 Å². The molecular formula is C14H9BrClN3O. The predicted molar refractivity (Wildman–Crippen MR) is 83.0 cm³/mol. The van der Waals surface area contributed by atoms with Crippen LogP contribution in [-0.2, 0) is 0 Å². The Kier molecular flexibility index (Phi) is 4.61. The number of nitrogens with zero attached hydrogens (tertiary/aromatic N) is 1. The summed E-state index contributed by atoms with van der Waals surface area (Å²) < 4.78 is 0.815. The zero-order chi connectivity index (χ0) is 14.5. The van der Waals surface area contributed by atoms with Gasteiger partial charge in [-0.15, -0.1) is 0 Å². The van der Waals surface area contributed by atoms with E-state index in [0.29, 0.717) is 22.0 Å². The predicted octanol–water partition coefficient (Wildman–Crippen LogP) is 4.62. The van der Waals surface area contributed by atoms with Crippen LogP contribution in [-0.4, -0.2) is 6.03 Å². The van der Waals surface area contributed by atoms with Crippen LogP contribution < -0.4 is 10.6 Å². The Balaban J connectivity index is 2.05. The summed E-state index contributed by atoms with van der Waals surface area (Å²) in [4.78, 5) is 11.8. The van der Waals surface area contributed by atoms with Crippen molar-refractivity contribution in [3.8, 4) is 6.07 Å². The van der Waals surface area contributed by atoms with E-state index in [1.165, 1.54) is 0 Å². The van der Waals surface area contributed by atoms with Crippen LogP contribution in [0.2, 0.25) is 5.02 Å². The SMILES string of the molecule is N#Cc1ccc(NC(=O)Nc2cc(Br)ccc2Cl)cc1. The van der Waals surface area contributed by atoms with Crippen LogP contribution in [0.1, 0.15) is 5.56 Å². The van der Waals surface area contributed by atoms with Gasteiger partial charge >= 0.3 is 6.03 Å². The van der Waals surface area contributed by atoms with Crippen molar-refractivity contribution in [1.29, 1.82) is 5.26 Å². The van der Waals surface area contributed by atoms with Gasteiger partial charge in [0.15, 0.2) is 0 Å². The van der Waals surface area contributed by atoms with E-state index in [2.05, 4.69) is 26.6 Å². The van der Waals surface area contributed by atoms with Crippen molar-refractivity contribution in [3.05, 3.63) is 57.5 Å². The Morgan fingerprint density at radius 2 is 1.85 bits per heavy atom. The molecule has 0 bridgehead atoms. The molecule has 0 aromatic heterocycles. The monoisotopic (exact) mass is 349 g/mol. The van der Waals surface area contributed by atoms with Gasteiger partial charge < -0.3 is 10.6 Å². The summed E-state index contributed by atoms with van der Waals surface area (Å²) in [5, 5.41) is 14.4. The van der Waals surface area contributed by atoms with E-state index in [0.717, 1.165) is 4.47 Å². The topological polar surface area (TPSA) is 64.9 Å². The molecule has 2 amide bonds. The molecule has 0 aliphatic heterocycles. The quantitative estimate of drug-likeness (QED) is 0.830. The molecular weight excluding hydrogens is 342 g/mol. The van der Waals surface area contributed by atoms with Crippen molar-refractivity contribution in [2.75, 3.05) is 10.6 Å². The van der Waals surface area contributed by atoms with Crippen LogP contribution in [0.5, 0.6) is 0 Å². The Morgan fingerprint density at radius 1 is 1.15 bits per heavy atom. The van der Waals surface area contributed by atoms with Gasteiger partial charge in [0.25, 0.3) is 0 Å². The number of carbonyl (C=O) groups excluding carboxylic acids is 1. The van der Waals surface area contributed by atoms with E-state index in [-0.39, 0.29) is 0 Å². The lowest BCUT2D eigenvalue weighted by molar-refractivity contribution is 0.262. The highest BCUT2D eigenvalue weighted by molar-refractivity contribution is 9.10. The minimum Gasteiger partial charge on any atom is -0.308 e. The molecule has 0 saturated heterocycles. The molecule has 0 spiro atoms. The van der Waals surface area contributed by atoms with Gasteiger partial charge in [-0.25, -0.2) is 4.79 Å². The Morgan fingerprint density at radius 3 is 2.50 bits per heavy atom. The summed E-state index contributed by atoms with van der Waals surface area (Å²) in [5.74, 6) is 0. The highest BCUT2D eigenvalue weighted by atomic mass is 79.9. The first kappa shape index (κ1) is 14.4. The molecule has 2 aromatic carbocycles. The number of amides is 2. The Labute approximate surface area is 129 Å². The fourth-order valence-electron chi connectivity index (χ4n) is 1.51. The third-order valence-electron chi connectivity index (χ3n) is 2.45. The Hall–Kier alpha value is -2.03. The molecule has 100 valence electrons. The summed E-state index contributed by atoms with van der Waals surface area (Å²) in [5.41, 5.74) is 1.63. The average molecular weight is 351 g/mol. The maximum atomic E-state index is 11.8. The molecule has 2 N–H and O–H groups in total. The summed E-state index contributed by atoms with van der Waals surface area (Å²) in [6.07, 6.45) is 0. The van der Waals surface area contributed by atoms with Crippen LogP contribution >= 0.6 is 27.5 Å². The molecule has 20 heavy (non-hydrogen) atoms. The molecule has 0 atom stereocenters. The standard InChI is InChI=1S/C14H9BrClN3O/c15-10-3-6-12(16)13(7-10)19-14(20)18-11-4-1-9(8-17)2-5-11/h1-7H,(H2,18,19,20). The van der Waals surface area contributed by atoms with Crippen molar-refractivity contribution >= 4 is 44.9 Å². The van der Waals surface area contributed by atoms with Crippen molar-refractivity contribution < 1.29 is 4.79 Å². The van der Waals surface area contributed by atoms with Crippen LogP contribution in [0.15, 0.2) is 46.9 Å². The summed E-state index contributed by atoms with van der Waals surface area (Å²) in [7, 11) is 0. The van der Waals surface area contributed by atoms with Crippen LogP contribution in [0.3, 0.4) is 0 Å². The molecule has 0 heterocycles. The number of hydrogen-bond donors (Lipinski definition) is 2. The second kappa shape index (κ2) is 6.42. The highest BCUT2D eigenvalue weighted by Gasteiger charge is 2.06. The van der Waals surface area contributed by atoms with Gasteiger partial charge in [-0.05, 0) is 42.5 Å². The number of rotatable bonds is 2. The number of halogens is 2. The number of benzene rings is 2. The lowest BCUT2D eigenvalue weighted by Gasteiger charge is -2.09. The van der Waals surface area contributed by atoms with Crippen LogP contribution in [0.25, 0.3) is 0 Å². The van der Waals surface area contributed by atoms with Gasteiger partial charge in [0.1, 0.15) is 0 Å². The molecule has 4 nitrogen and oxygen atoms in total. The van der Waals surface area contributed by atoms with Gasteiger partial charge in [-0.1, -0.05) is 27.5 Å². The smallest absolute Gasteiger partial charge is 0.308 e. The van der Waals surface area contributed by atoms with Crippen LogP contribution in [0.4, 0.5) is 16.2 Å². The fourth-order valence-corrected chi connectivity index (χ4v) is 2.03. The summed E-state index contributed by atoms with van der Waals surface area (Å²) in [6, 6.07) is 13.3. The molecule has 2 aromatic rings. The van der Waals surface area contributed by atoms with Gasteiger partial charge in [0.2, 0.25) is 0 Å². The lowest BCUT2D eigenvalue weighted by Crippen LogP contribution is -2.19. The molecule has 0 unspecified atom stereocenters. The maximum absolute atomic E-state index is 11.8. The van der Waals surface area contributed by atoms with Crippen molar-refractivity contribution in [2.24, 2.45) is 0 Å². The normalized spacial score (nSPS) is 9.65. The maximum Gasteiger partial charge on any atom is 0.323 e. The summed E-state index contributed by atoms with van der Waals surface area (Å²) >= 11 is 9.29. The number of urea groups is 1. The number of nitrogens with one attached hydrogen (secondary N) is 2. The van der Waals surface area contributed by atoms with Gasteiger partial charge in [-0.3, -0.25) is 0 Å². The zero-order valence-electron chi connectivity index (χ0n) is 10.2.